The van der Waals surface area contributed by atoms with Crippen molar-refractivity contribution in [1.29, 1.82) is 0 Å². The molecule has 0 saturated carbocycles. The van der Waals surface area contributed by atoms with Crippen LogP contribution in [0.4, 0.5) is 4.79 Å². The number of aliphatic carboxylic acids is 1. The molecule has 5 heteroatoms. The topological polar surface area (TPSA) is 69.6 Å². The van der Waals surface area contributed by atoms with Crippen LogP contribution in [0.15, 0.2) is 0 Å². The number of urea groups is 1. The van der Waals surface area contributed by atoms with E-state index in [2.05, 4.69) is 12.2 Å². The second-order valence-corrected chi connectivity index (χ2v) is 5.61. The minimum atomic E-state index is -0.778. The average molecular weight is 286 g/mol. The maximum Gasteiger partial charge on any atom is 0.317 e. The van der Waals surface area contributed by atoms with Gasteiger partial charge in [0.25, 0.3) is 0 Å². The van der Waals surface area contributed by atoms with Crippen molar-refractivity contribution in [2.45, 2.75) is 65.8 Å². The van der Waals surface area contributed by atoms with Crippen LogP contribution in [-0.4, -0.2) is 41.1 Å². The van der Waals surface area contributed by atoms with Gasteiger partial charge in [-0.05, 0) is 33.1 Å². The van der Waals surface area contributed by atoms with Crippen molar-refractivity contribution in [2.75, 3.05) is 13.1 Å². The third kappa shape index (κ3) is 8.02. The van der Waals surface area contributed by atoms with Gasteiger partial charge in [-0.3, -0.25) is 4.79 Å². The van der Waals surface area contributed by atoms with Crippen molar-refractivity contribution in [3.63, 3.8) is 0 Å². The maximum atomic E-state index is 12.1. The molecule has 0 fully saturated rings. The number of nitrogens with one attached hydrogen (secondary N) is 1. The van der Waals surface area contributed by atoms with Gasteiger partial charge in [-0.2, -0.15) is 0 Å². The molecule has 0 bridgehead atoms. The van der Waals surface area contributed by atoms with Gasteiger partial charge >= 0.3 is 12.0 Å². The third-order valence-corrected chi connectivity index (χ3v) is 3.40. The van der Waals surface area contributed by atoms with E-state index < -0.39 is 5.97 Å². The Kier molecular flexibility index (Phi) is 9.86. The van der Waals surface area contributed by atoms with Gasteiger partial charge in [0.1, 0.15) is 0 Å². The van der Waals surface area contributed by atoms with E-state index in [1.54, 1.807) is 6.92 Å². The second kappa shape index (κ2) is 10.5. The molecule has 0 aliphatic heterocycles. The van der Waals surface area contributed by atoms with Crippen LogP contribution in [-0.2, 0) is 4.79 Å². The zero-order valence-electron chi connectivity index (χ0n) is 13.3. The Hall–Kier alpha value is -1.26. The van der Waals surface area contributed by atoms with E-state index in [9.17, 15) is 9.59 Å². The number of carbonyl (C=O) groups excluding carboxylic acids is 1. The van der Waals surface area contributed by atoms with Crippen LogP contribution in [0.2, 0.25) is 0 Å². The Morgan fingerprint density at radius 3 is 2.30 bits per heavy atom. The van der Waals surface area contributed by atoms with Crippen LogP contribution in [0.1, 0.15) is 59.8 Å². The Morgan fingerprint density at radius 1 is 1.15 bits per heavy atom. The molecule has 5 nitrogen and oxygen atoms in total. The van der Waals surface area contributed by atoms with Gasteiger partial charge in [-0.1, -0.05) is 26.7 Å². The molecule has 1 unspecified atom stereocenters. The van der Waals surface area contributed by atoms with E-state index >= 15 is 0 Å². The quantitative estimate of drug-likeness (QED) is 0.606. The standard InChI is InChI=1S/C15H30N2O3/c1-5-6-7-11-17(12(2)3)15(20)16-10-8-9-13(4)14(18)19/h12-13H,5-11H2,1-4H3,(H,16,20)(H,18,19). The van der Waals surface area contributed by atoms with Crippen molar-refractivity contribution in [1.82, 2.24) is 10.2 Å². The first kappa shape index (κ1) is 18.7. The summed E-state index contributed by atoms with van der Waals surface area (Å²) in [6.07, 6.45) is 4.58. The number of rotatable bonds is 10. The number of carbonyl (C=O) groups is 2. The molecule has 0 rings (SSSR count). The summed E-state index contributed by atoms with van der Waals surface area (Å²) in [5.41, 5.74) is 0. The summed E-state index contributed by atoms with van der Waals surface area (Å²) in [5.74, 6) is -1.13. The predicted molar refractivity (Wildman–Crippen MR) is 80.8 cm³/mol. The largest absolute Gasteiger partial charge is 0.481 e. The highest BCUT2D eigenvalue weighted by Gasteiger charge is 2.16. The lowest BCUT2D eigenvalue weighted by atomic mass is 10.1. The zero-order valence-corrected chi connectivity index (χ0v) is 13.3. The van der Waals surface area contributed by atoms with E-state index in [1.165, 1.54) is 0 Å². The number of carboxylic acids is 1. The molecule has 2 amide bonds. The van der Waals surface area contributed by atoms with Gasteiger partial charge in [-0.25, -0.2) is 4.79 Å². The zero-order chi connectivity index (χ0) is 15.5. The van der Waals surface area contributed by atoms with Gasteiger partial charge in [0.05, 0.1) is 5.92 Å². The van der Waals surface area contributed by atoms with E-state index in [-0.39, 0.29) is 18.0 Å². The van der Waals surface area contributed by atoms with Gasteiger partial charge in [0, 0.05) is 19.1 Å². The molecule has 0 aliphatic carbocycles. The molecule has 0 spiro atoms. The van der Waals surface area contributed by atoms with Crippen molar-refractivity contribution >= 4 is 12.0 Å². The first-order valence-electron chi connectivity index (χ1n) is 7.67. The summed E-state index contributed by atoms with van der Waals surface area (Å²) < 4.78 is 0. The van der Waals surface area contributed by atoms with Crippen molar-refractivity contribution in [2.24, 2.45) is 5.92 Å². The molecule has 0 aromatic heterocycles. The lowest BCUT2D eigenvalue weighted by molar-refractivity contribution is -0.141. The molecule has 20 heavy (non-hydrogen) atoms. The van der Waals surface area contributed by atoms with Crippen LogP contribution in [0.25, 0.3) is 0 Å². The van der Waals surface area contributed by atoms with Crippen LogP contribution >= 0.6 is 0 Å². The molecule has 0 heterocycles. The lowest BCUT2D eigenvalue weighted by Crippen LogP contribution is -2.44. The fraction of sp³-hybridized carbons (Fsp3) is 0.867. The van der Waals surface area contributed by atoms with Gasteiger partial charge in [0.15, 0.2) is 0 Å². The monoisotopic (exact) mass is 286 g/mol. The smallest absolute Gasteiger partial charge is 0.317 e. The molecule has 118 valence electrons. The average Bonchev–Trinajstić information content (AvgIpc) is 2.38. The fourth-order valence-corrected chi connectivity index (χ4v) is 1.95. The van der Waals surface area contributed by atoms with E-state index in [0.29, 0.717) is 19.4 Å². The number of hydrogen-bond donors (Lipinski definition) is 2. The van der Waals surface area contributed by atoms with Gasteiger partial charge in [-0.15, -0.1) is 0 Å². The van der Waals surface area contributed by atoms with E-state index in [0.717, 1.165) is 25.8 Å². The number of amides is 2. The molecule has 0 saturated heterocycles. The van der Waals surface area contributed by atoms with E-state index in [4.69, 9.17) is 5.11 Å². The highest BCUT2D eigenvalue weighted by atomic mass is 16.4. The SMILES string of the molecule is CCCCCN(C(=O)NCCCC(C)C(=O)O)C(C)C. The van der Waals surface area contributed by atoms with Crippen molar-refractivity contribution in [3.8, 4) is 0 Å². The first-order chi connectivity index (χ1) is 9.40. The summed E-state index contributed by atoms with van der Waals surface area (Å²) in [6, 6.07) is 0.142. The minimum Gasteiger partial charge on any atom is -0.481 e. The number of nitrogens with zero attached hydrogens (tertiary/aromatic N) is 1. The van der Waals surface area contributed by atoms with Crippen LogP contribution < -0.4 is 5.32 Å². The summed E-state index contributed by atoms with van der Waals surface area (Å²) >= 11 is 0. The Morgan fingerprint density at radius 2 is 1.80 bits per heavy atom. The highest BCUT2D eigenvalue weighted by Crippen LogP contribution is 2.06. The summed E-state index contributed by atoms with van der Waals surface area (Å²) in [5, 5.41) is 11.7. The predicted octanol–water partition coefficient (Wildman–Crippen LogP) is 3.10. The van der Waals surface area contributed by atoms with Gasteiger partial charge < -0.3 is 15.3 Å². The lowest BCUT2D eigenvalue weighted by Gasteiger charge is -2.27. The maximum absolute atomic E-state index is 12.1. The number of hydrogen-bond acceptors (Lipinski definition) is 2. The Labute approximate surface area is 122 Å². The first-order valence-corrected chi connectivity index (χ1v) is 7.67. The molecular weight excluding hydrogens is 256 g/mol. The Bertz CT molecular complexity index is 293. The third-order valence-electron chi connectivity index (χ3n) is 3.40. The molecule has 0 radical (unpaired) electrons. The number of carboxylic acid groups (broad SMARTS) is 1. The molecule has 0 aliphatic rings. The van der Waals surface area contributed by atoms with Crippen LogP contribution in [0.3, 0.4) is 0 Å². The number of unbranched alkanes of at least 4 members (excludes halogenated alkanes) is 2. The minimum absolute atomic E-state index is 0.0425. The van der Waals surface area contributed by atoms with Crippen molar-refractivity contribution in [3.05, 3.63) is 0 Å². The van der Waals surface area contributed by atoms with Gasteiger partial charge in [0.2, 0.25) is 0 Å². The summed E-state index contributed by atoms with van der Waals surface area (Å²) in [4.78, 5) is 24.6. The van der Waals surface area contributed by atoms with Crippen molar-refractivity contribution < 1.29 is 14.7 Å². The molecule has 1 atom stereocenters. The summed E-state index contributed by atoms with van der Waals surface area (Å²) in [6.45, 7) is 9.17. The molecular formula is C15H30N2O3. The molecule has 0 aromatic carbocycles. The molecule has 0 aromatic rings. The second-order valence-electron chi connectivity index (χ2n) is 5.61. The fourth-order valence-electron chi connectivity index (χ4n) is 1.95. The normalized spacial score (nSPS) is 12.2. The highest BCUT2D eigenvalue weighted by molar-refractivity contribution is 5.74. The molecule has 2 N–H and O–H groups in total. The van der Waals surface area contributed by atoms with Crippen LogP contribution in [0, 0.1) is 5.92 Å². The summed E-state index contributed by atoms with van der Waals surface area (Å²) in [7, 11) is 0. The van der Waals surface area contributed by atoms with E-state index in [1.807, 2.05) is 18.7 Å². The Balaban J connectivity index is 3.98. The van der Waals surface area contributed by atoms with Crippen LogP contribution in [0.5, 0.6) is 0 Å².